The number of nitrogens with one attached hydrogen (secondary N) is 2. The van der Waals surface area contributed by atoms with Crippen LogP contribution in [0.2, 0.25) is 0 Å². The Kier molecular flexibility index (Phi) is 7.09. The highest BCUT2D eigenvalue weighted by Gasteiger charge is 2.16. The fraction of sp³-hybridized carbons (Fsp3) is 0.174. The second-order valence-electron chi connectivity index (χ2n) is 7.08. The van der Waals surface area contributed by atoms with Crippen LogP contribution in [0.25, 0.3) is 0 Å². The van der Waals surface area contributed by atoms with Crippen molar-refractivity contribution in [3.63, 3.8) is 0 Å². The van der Waals surface area contributed by atoms with Crippen LogP contribution in [0, 0.1) is 13.8 Å². The Balaban J connectivity index is 1.63. The van der Waals surface area contributed by atoms with Crippen molar-refractivity contribution in [1.29, 1.82) is 0 Å². The number of halogens is 2. The summed E-state index contributed by atoms with van der Waals surface area (Å²) in [4.78, 5) is 12.4. The van der Waals surface area contributed by atoms with Crippen LogP contribution in [0.3, 0.4) is 0 Å². The molecule has 0 spiro atoms. The number of hydrogen-bond donors (Lipinski definition) is 2. The van der Waals surface area contributed by atoms with Gasteiger partial charge in [0.2, 0.25) is 0 Å². The summed E-state index contributed by atoms with van der Waals surface area (Å²) in [6.45, 7) is 0.997. The van der Waals surface area contributed by atoms with E-state index in [4.69, 9.17) is 0 Å². The average molecular weight is 461 g/mol. The summed E-state index contributed by atoms with van der Waals surface area (Å²) in [5, 5.41) is 2.69. The van der Waals surface area contributed by atoms with Gasteiger partial charge in [-0.2, -0.15) is 8.78 Å². The molecule has 6 nitrogen and oxygen atoms in total. The minimum Gasteiger partial charge on any atom is -0.435 e. The quantitative estimate of drug-likeness (QED) is 0.513. The van der Waals surface area contributed by atoms with Gasteiger partial charge in [0.25, 0.3) is 15.9 Å². The first-order chi connectivity index (χ1) is 15.2. The molecule has 0 atom stereocenters. The zero-order valence-electron chi connectivity index (χ0n) is 17.4. The molecule has 0 aliphatic heterocycles. The van der Waals surface area contributed by atoms with E-state index in [-0.39, 0.29) is 22.8 Å². The summed E-state index contributed by atoms with van der Waals surface area (Å²) in [5.74, 6) is -0.370. The number of hydrogen-bond acceptors (Lipinski definition) is 4. The number of rotatable bonds is 8. The lowest BCUT2D eigenvalue weighted by Crippen LogP contribution is -2.23. The van der Waals surface area contributed by atoms with Crippen LogP contribution < -0.4 is 14.8 Å². The summed E-state index contributed by atoms with van der Waals surface area (Å²) >= 11 is 0. The van der Waals surface area contributed by atoms with Gasteiger partial charge in [0.05, 0.1) is 10.6 Å². The molecule has 9 heteroatoms. The zero-order chi connectivity index (χ0) is 23.3. The summed E-state index contributed by atoms with van der Waals surface area (Å²) in [5.41, 5.74) is 3.27. The van der Waals surface area contributed by atoms with Crippen molar-refractivity contribution in [3.8, 4) is 5.75 Å². The fourth-order valence-electron chi connectivity index (χ4n) is 2.92. The van der Waals surface area contributed by atoms with E-state index in [1.54, 1.807) is 24.3 Å². The second kappa shape index (κ2) is 9.78. The topological polar surface area (TPSA) is 84.5 Å². The van der Waals surface area contributed by atoms with E-state index in [1.807, 2.05) is 19.9 Å². The molecule has 0 unspecified atom stereocenters. The van der Waals surface area contributed by atoms with Gasteiger partial charge in [-0.15, -0.1) is 0 Å². The molecule has 0 radical (unpaired) electrons. The number of ether oxygens (including phenoxy) is 1. The van der Waals surface area contributed by atoms with Crippen molar-refractivity contribution < 1.29 is 26.7 Å². The summed E-state index contributed by atoms with van der Waals surface area (Å²) in [6.07, 6.45) is 0. The van der Waals surface area contributed by atoms with Crippen molar-refractivity contribution in [1.82, 2.24) is 5.32 Å². The highest BCUT2D eigenvalue weighted by Crippen LogP contribution is 2.22. The Labute approximate surface area is 185 Å². The molecule has 0 fully saturated rings. The number of benzene rings is 3. The van der Waals surface area contributed by atoms with Crippen LogP contribution >= 0.6 is 0 Å². The standard InChI is InChI=1S/C23H22F2N2O4S/c1-15-4-3-5-21(16(15)2)27-32(29,30)20-12-8-18(9-13-20)22(28)26-14-17-6-10-19(11-7-17)31-23(24)25/h3-13,23,27H,14H2,1-2H3,(H,26,28). The lowest BCUT2D eigenvalue weighted by atomic mass is 10.1. The number of amides is 1. The van der Waals surface area contributed by atoms with Gasteiger partial charge in [-0.25, -0.2) is 8.42 Å². The molecule has 0 aromatic heterocycles. The number of aryl methyl sites for hydroxylation is 1. The molecule has 0 bridgehead atoms. The first-order valence-corrected chi connectivity index (χ1v) is 11.1. The van der Waals surface area contributed by atoms with Crippen LogP contribution in [-0.2, 0) is 16.6 Å². The lowest BCUT2D eigenvalue weighted by Gasteiger charge is -2.12. The van der Waals surface area contributed by atoms with Gasteiger partial charge in [0.15, 0.2) is 0 Å². The van der Waals surface area contributed by atoms with Crippen molar-refractivity contribution >= 4 is 21.6 Å². The Morgan fingerprint density at radius 3 is 2.25 bits per heavy atom. The molecule has 0 heterocycles. The fourth-order valence-corrected chi connectivity index (χ4v) is 4.05. The molecule has 2 N–H and O–H groups in total. The maximum Gasteiger partial charge on any atom is 0.387 e. The molecule has 3 aromatic rings. The van der Waals surface area contributed by atoms with E-state index < -0.39 is 22.5 Å². The molecule has 0 saturated carbocycles. The number of carbonyl (C=O) groups excluding carboxylic acids is 1. The lowest BCUT2D eigenvalue weighted by molar-refractivity contribution is -0.0498. The molecule has 1 amide bonds. The normalized spacial score (nSPS) is 11.3. The van der Waals surface area contributed by atoms with E-state index in [0.717, 1.165) is 11.1 Å². The van der Waals surface area contributed by atoms with Gasteiger partial charge >= 0.3 is 6.61 Å². The number of alkyl halides is 2. The monoisotopic (exact) mass is 460 g/mol. The van der Waals surface area contributed by atoms with Crippen LogP contribution in [0.15, 0.2) is 71.6 Å². The third-order valence-electron chi connectivity index (χ3n) is 4.88. The van der Waals surface area contributed by atoms with Crippen molar-refractivity contribution in [2.45, 2.75) is 31.9 Å². The predicted octanol–water partition coefficient (Wildman–Crippen LogP) is 4.64. The number of carbonyl (C=O) groups is 1. The molecular formula is C23H22F2N2O4S. The molecule has 0 aliphatic carbocycles. The third-order valence-corrected chi connectivity index (χ3v) is 6.26. The van der Waals surface area contributed by atoms with Crippen LogP contribution in [0.5, 0.6) is 5.75 Å². The van der Waals surface area contributed by atoms with Crippen molar-refractivity contribution in [3.05, 3.63) is 89.0 Å². The van der Waals surface area contributed by atoms with E-state index in [9.17, 15) is 22.0 Å². The van der Waals surface area contributed by atoms with E-state index in [2.05, 4.69) is 14.8 Å². The van der Waals surface area contributed by atoms with Crippen LogP contribution in [0.4, 0.5) is 14.5 Å². The van der Waals surface area contributed by atoms with Gasteiger partial charge in [0, 0.05) is 12.1 Å². The predicted molar refractivity (Wildman–Crippen MR) is 117 cm³/mol. The smallest absolute Gasteiger partial charge is 0.387 e. The van der Waals surface area contributed by atoms with Crippen molar-refractivity contribution in [2.75, 3.05) is 4.72 Å². The molecule has 3 rings (SSSR count). The minimum atomic E-state index is -3.81. The first kappa shape index (κ1) is 23.2. The maximum atomic E-state index is 12.7. The molecule has 3 aromatic carbocycles. The van der Waals surface area contributed by atoms with Crippen molar-refractivity contribution in [2.24, 2.45) is 0 Å². The Morgan fingerprint density at radius 1 is 0.969 bits per heavy atom. The van der Waals surface area contributed by atoms with E-state index in [1.165, 1.54) is 36.4 Å². The molecule has 0 aliphatic rings. The first-order valence-electron chi connectivity index (χ1n) is 9.67. The van der Waals surface area contributed by atoms with Gasteiger partial charge in [0.1, 0.15) is 5.75 Å². The second-order valence-corrected chi connectivity index (χ2v) is 8.76. The third kappa shape index (κ3) is 5.82. The highest BCUT2D eigenvalue weighted by atomic mass is 32.2. The molecule has 32 heavy (non-hydrogen) atoms. The Hall–Kier alpha value is -3.46. The molecule has 0 saturated heterocycles. The summed E-state index contributed by atoms with van der Waals surface area (Å²) in [6, 6.07) is 16.8. The molecular weight excluding hydrogens is 438 g/mol. The highest BCUT2D eigenvalue weighted by molar-refractivity contribution is 7.92. The summed E-state index contributed by atoms with van der Waals surface area (Å²) in [7, 11) is -3.81. The largest absolute Gasteiger partial charge is 0.435 e. The van der Waals surface area contributed by atoms with E-state index >= 15 is 0 Å². The molecule has 168 valence electrons. The van der Waals surface area contributed by atoms with Gasteiger partial charge in [-0.1, -0.05) is 24.3 Å². The number of anilines is 1. The van der Waals surface area contributed by atoms with Gasteiger partial charge in [-0.05, 0) is 73.0 Å². The van der Waals surface area contributed by atoms with E-state index in [0.29, 0.717) is 11.3 Å². The SMILES string of the molecule is Cc1cccc(NS(=O)(=O)c2ccc(C(=O)NCc3ccc(OC(F)F)cc3)cc2)c1C. The number of sulfonamides is 1. The Morgan fingerprint density at radius 2 is 1.62 bits per heavy atom. The zero-order valence-corrected chi connectivity index (χ0v) is 18.2. The summed E-state index contributed by atoms with van der Waals surface area (Å²) < 4.78 is 56.6. The minimum absolute atomic E-state index is 0.0290. The Bertz CT molecular complexity index is 1200. The van der Waals surface area contributed by atoms with Crippen LogP contribution in [0.1, 0.15) is 27.0 Å². The van der Waals surface area contributed by atoms with Gasteiger partial charge in [-0.3, -0.25) is 9.52 Å². The maximum absolute atomic E-state index is 12.7. The average Bonchev–Trinajstić information content (AvgIpc) is 2.76. The van der Waals surface area contributed by atoms with Crippen LogP contribution in [-0.4, -0.2) is 20.9 Å². The van der Waals surface area contributed by atoms with Gasteiger partial charge < -0.3 is 10.1 Å².